The molecule has 2 aromatic rings. The van der Waals surface area contributed by atoms with E-state index in [9.17, 15) is 0 Å². The smallest absolute Gasteiger partial charge is 0.161 e. The van der Waals surface area contributed by atoms with E-state index in [2.05, 4.69) is 12.2 Å². The molecule has 1 heterocycles. The van der Waals surface area contributed by atoms with Gasteiger partial charge in [0.25, 0.3) is 0 Å². The molecule has 4 heteroatoms. The van der Waals surface area contributed by atoms with Gasteiger partial charge in [0, 0.05) is 28.4 Å². The van der Waals surface area contributed by atoms with Crippen LogP contribution in [0.5, 0.6) is 0 Å². The Balaban J connectivity index is 2.04. The van der Waals surface area contributed by atoms with Crippen molar-refractivity contribution >= 4 is 17.4 Å². The van der Waals surface area contributed by atoms with Crippen molar-refractivity contribution in [1.82, 2.24) is 9.97 Å². The van der Waals surface area contributed by atoms with E-state index >= 15 is 0 Å². The third kappa shape index (κ3) is 2.63. The minimum Gasteiger partial charge on any atom is -0.370 e. The summed E-state index contributed by atoms with van der Waals surface area (Å²) in [4.78, 5) is 9.44. The molecule has 3 rings (SSSR count). The maximum absolute atomic E-state index is 6.06. The van der Waals surface area contributed by atoms with Gasteiger partial charge in [0.05, 0.1) is 0 Å². The van der Waals surface area contributed by atoms with Gasteiger partial charge in [-0.25, -0.2) is 9.97 Å². The number of halogens is 1. The molecule has 0 amide bonds. The van der Waals surface area contributed by atoms with E-state index < -0.39 is 0 Å². The van der Waals surface area contributed by atoms with Gasteiger partial charge in [-0.3, -0.25) is 0 Å². The number of hydrogen-bond donors (Lipinski definition) is 1. The molecule has 0 radical (unpaired) electrons. The molecule has 1 N–H and O–H groups in total. The summed E-state index contributed by atoms with van der Waals surface area (Å²) >= 11 is 6.06. The van der Waals surface area contributed by atoms with Crippen LogP contribution in [-0.2, 0) is 12.8 Å². The highest BCUT2D eigenvalue weighted by Crippen LogP contribution is 2.29. The molecule has 0 aliphatic heterocycles. The largest absolute Gasteiger partial charge is 0.370 e. The second kappa shape index (κ2) is 5.80. The van der Waals surface area contributed by atoms with Crippen LogP contribution in [0.2, 0.25) is 5.02 Å². The van der Waals surface area contributed by atoms with Gasteiger partial charge in [0.1, 0.15) is 5.82 Å². The van der Waals surface area contributed by atoms with Crippen LogP contribution < -0.4 is 5.32 Å². The molecule has 0 saturated carbocycles. The summed E-state index contributed by atoms with van der Waals surface area (Å²) in [6, 6.07) is 7.73. The molecule has 1 aliphatic rings. The van der Waals surface area contributed by atoms with Crippen molar-refractivity contribution < 1.29 is 0 Å². The number of fused-ring (bicyclic) bond motifs is 1. The first-order valence-corrected chi connectivity index (χ1v) is 7.55. The Kier molecular flexibility index (Phi) is 3.88. The molecular formula is C16H18ClN3. The predicted molar refractivity (Wildman–Crippen MR) is 83.3 cm³/mol. The lowest BCUT2D eigenvalue weighted by atomic mass is 10.2. The van der Waals surface area contributed by atoms with E-state index in [1.54, 1.807) is 0 Å². The topological polar surface area (TPSA) is 37.8 Å². The van der Waals surface area contributed by atoms with Crippen LogP contribution in [0.3, 0.4) is 0 Å². The number of nitrogens with one attached hydrogen (secondary N) is 1. The van der Waals surface area contributed by atoms with Gasteiger partial charge in [-0.05, 0) is 37.8 Å². The van der Waals surface area contributed by atoms with Crippen molar-refractivity contribution in [2.24, 2.45) is 0 Å². The molecular weight excluding hydrogens is 270 g/mol. The third-order valence-corrected chi connectivity index (χ3v) is 3.79. The van der Waals surface area contributed by atoms with Crippen molar-refractivity contribution in [2.75, 3.05) is 11.9 Å². The van der Waals surface area contributed by atoms with E-state index in [1.165, 1.54) is 17.7 Å². The van der Waals surface area contributed by atoms with Crippen LogP contribution in [0.4, 0.5) is 5.82 Å². The van der Waals surface area contributed by atoms with Gasteiger partial charge in [0.15, 0.2) is 5.82 Å². The fourth-order valence-electron chi connectivity index (χ4n) is 2.58. The van der Waals surface area contributed by atoms with Gasteiger partial charge in [-0.15, -0.1) is 0 Å². The Morgan fingerprint density at radius 2 is 2.15 bits per heavy atom. The van der Waals surface area contributed by atoms with Crippen molar-refractivity contribution in [3.63, 3.8) is 0 Å². The van der Waals surface area contributed by atoms with E-state index in [4.69, 9.17) is 21.6 Å². The lowest BCUT2D eigenvalue weighted by Crippen LogP contribution is -2.08. The number of nitrogens with zero attached hydrogens (tertiary/aromatic N) is 2. The zero-order valence-corrected chi connectivity index (χ0v) is 12.4. The molecule has 1 aromatic heterocycles. The number of rotatable bonds is 4. The number of anilines is 1. The summed E-state index contributed by atoms with van der Waals surface area (Å²) in [6.07, 6.45) is 4.39. The second-order valence-electron chi connectivity index (χ2n) is 5.11. The van der Waals surface area contributed by atoms with Crippen LogP contribution in [0.15, 0.2) is 24.3 Å². The molecule has 0 bridgehead atoms. The average Bonchev–Trinajstić information content (AvgIpc) is 2.93. The zero-order valence-electron chi connectivity index (χ0n) is 11.6. The summed E-state index contributed by atoms with van der Waals surface area (Å²) in [6.45, 7) is 3.10. The standard InChI is InChI=1S/C16H18ClN3/c1-2-9-18-16-13-7-4-8-14(13)19-15(20-16)11-5-3-6-12(17)10-11/h3,5-6,10H,2,4,7-9H2,1H3,(H,18,19,20). The van der Waals surface area contributed by atoms with Crippen LogP contribution in [0.25, 0.3) is 11.4 Å². The number of aromatic nitrogens is 2. The molecule has 0 fully saturated rings. The normalized spacial score (nSPS) is 13.3. The minimum absolute atomic E-state index is 0.717. The SMILES string of the molecule is CCCNc1nc(-c2cccc(Cl)c2)nc2c1CCC2. The van der Waals surface area contributed by atoms with Gasteiger partial charge in [-0.1, -0.05) is 30.7 Å². The molecule has 1 aliphatic carbocycles. The van der Waals surface area contributed by atoms with Crippen molar-refractivity contribution in [2.45, 2.75) is 32.6 Å². The summed E-state index contributed by atoms with van der Waals surface area (Å²) < 4.78 is 0. The maximum atomic E-state index is 6.06. The Labute approximate surface area is 124 Å². The average molecular weight is 288 g/mol. The summed E-state index contributed by atoms with van der Waals surface area (Å²) in [5, 5.41) is 4.15. The fourth-order valence-corrected chi connectivity index (χ4v) is 2.77. The Hall–Kier alpha value is -1.61. The lowest BCUT2D eigenvalue weighted by molar-refractivity contribution is 0.899. The molecule has 1 aromatic carbocycles. The number of aryl methyl sites for hydroxylation is 1. The van der Waals surface area contributed by atoms with E-state index in [1.807, 2.05) is 24.3 Å². The summed E-state index contributed by atoms with van der Waals surface area (Å²) in [5.74, 6) is 1.77. The van der Waals surface area contributed by atoms with Crippen LogP contribution in [0, 0.1) is 0 Å². The summed E-state index contributed by atoms with van der Waals surface area (Å²) in [7, 11) is 0. The first kappa shape index (κ1) is 13.4. The van der Waals surface area contributed by atoms with Crippen LogP contribution >= 0.6 is 11.6 Å². The quantitative estimate of drug-likeness (QED) is 0.920. The van der Waals surface area contributed by atoms with Gasteiger partial charge in [-0.2, -0.15) is 0 Å². The first-order valence-electron chi connectivity index (χ1n) is 7.17. The molecule has 0 saturated heterocycles. The highest BCUT2D eigenvalue weighted by atomic mass is 35.5. The minimum atomic E-state index is 0.717. The lowest BCUT2D eigenvalue weighted by Gasteiger charge is -2.11. The molecule has 3 nitrogen and oxygen atoms in total. The Morgan fingerprint density at radius 3 is 2.95 bits per heavy atom. The predicted octanol–water partition coefficient (Wildman–Crippen LogP) is 4.11. The molecule has 0 unspecified atom stereocenters. The molecule has 0 spiro atoms. The highest BCUT2D eigenvalue weighted by Gasteiger charge is 2.19. The Bertz CT molecular complexity index is 625. The van der Waals surface area contributed by atoms with Crippen molar-refractivity contribution in [3.8, 4) is 11.4 Å². The molecule has 104 valence electrons. The second-order valence-corrected chi connectivity index (χ2v) is 5.55. The zero-order chi connectivity index (χ0) is 13.9. The highest BCUT2D eigenvalue weighted by molar-refractivity contribution is 6.30. The molecule has 0 atom stereocenters. The monoisotopic (exact) mass is 287 g/mol. The van der Waals surface area contributed by atoms with Gasteiger partial charge >= 0.3 is 0 Å². The van der Waals surface area contributed by atoms with Crippen molar-refractivity contribution in [3.05, 3.63) is 40.5 Å². The van der Waals surface area contributed by atoms with E-state index in [0.29, 0.717) is 0 Å². The number of benzene rings is 1. The number of hydrogen-bond acceptors (Lipinski definition) is 3. The maximum Gasteiger partial charge on any atom is 0.161 e. The van der Waals surface area contributed by atoms with E-state index in [-0.39, 0.29) is 0 Å². The Morgan fingerprint density at radius 1 is 1.25 bits per heavy atom. The summed E-state index contributed by atoms with van der Waals surface area (Å²) in [5.41, 5.74) is 3.46. The van der Waals surface area contributed by atoms with E-state index in [0.717, 1.165) is 48.0 Å². The third-order valence-electron chi connectivity index (χ3n) is 3.56. The molecule has 20 heavy (non-hydrogen) atoms. The van der Waals surface area contributed by atoms with Gasteiger partial charge in [0.2, 0.25) is 0 Å². The van der Waals surface area contributed by atoms with Crippen LogP contribution in [0.1, 0.15) is 31.0 Å². The van der Waals surface area contributed by atoms with Crippen molar-refractivity contribution in [1.29, 1.82) is 0 Å². The fraction of sp³-hybridized carbons (Fsp3) is 0.375. The first-order chi connectivity index (χ1) is 9.78. The van der Waals surface area contributed by atoms with Gasteiger partial charge < -0.3 is 5.32 Å². The van der Waals surface area contributed by atoms with Crippen LogP contribution in [-0.4, -0.2) is 16.5 Å².